The topological polar surface area (TPSA) is 75.6 Å². The average molecular weight is 265 g/mol. The number of carboxylic acid groups (broad SMARTS) is 1. The van der Waals surface area contributed by atoms with E-state index in [0.29, 0.717) is 5.69 Å². The van der Waals surface area contributed by atoms with Crippen LogP contribution in [0.2, 0.25) is 0 Å². The van der Waals surface area contributed by atoms with Gasteiger partial charge < -0.3 is 15.2 Å². The minimum absolute atomic E-state index is 0.178. The van der Waals surface area contributed by atoms with Crippen molar-refractivity contribution >= 4 is 17.6 Å². The molecule has 0 fully saturated rings. The monoisotopic (exact) mass is 265 g/mol. The van der Waals surface area contributed by atoms with Gasteiger partial charge in [0.2, 0.25) is 5.91 Å². The van der Waals surface area contributed by atoms with Crippen molar-refractivity contribution in [3.8, 4) is 5.75 Å². The number of ether oxygens (including phenoxy) is 1. The molecule has 104 valence electrons. The Morgan fingerprint density at radius 1 is 1.42 bits per heavy atom. The summed E-state index contributed by atoms with van der Waals surface area (Å²) in [5, 5.41) is 11.4. The van der Waals surface area contributed by atoms with Crippen molar-refractivity contribution in [3.63, 3.8) is 0 Å². The third kappa shape index (κ3) is 4.28. The van der Waals surface area contributed by atoms with Crippen LogP contribution in [0.1, 0.15) is 25.8 Å². The number of carbonyl (C=O) groups excluding carboxylic acids is 1. The van der Waals surface area contributed by atoms with Crippen LogP contribution in [0, 0.1) is 5.92 Å². The Kier molecular flexibility index (Phi) is 5.36. The number of aryl methyl sites for hydroxylation is 1. The number of nitrogens with one attached hydrogen (secondary N) is 1. The zero-order valence-electron chi connectivity index (χ0n) is 11.4. The summed E-state index contributed by atoms with van der Waals surface area (Å²) >= 11 is 0. The smallest absolute Gasteiger partial charge is 0.304 e. The quantitative estimate of drug-likeness (QED) is 0.827. The molecule has 1 aromatic carbocycles. The zero-order chi connectivity index (χ0) is 14.4. The third-order valence-corrected chi connectivity index (χ3v) is 2.86. The van der Waals surface area contributed by atoms with Gasteiger partial charge in [0.15, 0.2) is 0 Å². The van der Waals surface area contributed by atoms with Gasteiger partial charge in [-0.2, -0.15) is 0 Å². The molecule has 0 saturated heterocycles. The van der Waals surface area contributed by atoms with E-state index in [1.807, 2.05) is 13.0 Å². The van der Waals surface area contributed by atoms with Crippen molar-refractivity contribution in [2.45, 2.75) is 26.7 Å². The van der Waals surface area contributed by atoms with E-state index < -0.39 is 11.9 Å². The SMILES string of the molecule is CCc1cc(NC(=O)C(C)CC(=O)O)ccc1OC. The minimum Gasteiger partial charge on any atom is -0.496 e. The fraction of sp³-hybridized carbons (Fsp3) is 0.429. The highest BCUT2D eigenvalue weighted by molar-refractivity contribution is 5.94. The molecule has 5 nitrogen and oxygen atoms in total. The van der Waals surface area contributed by atoms with E-state index in [2.05, 4.69) is 5.32 Å². The molecule has 19 heavy (non-hydrogen) atoms. The summed E-state index contributed by atoms with van der Waals surface area (Å²) in [6, 6.07) is 5.36. The molecule has 1 amide bonds. The lowest BCUT2D eigenvalue weighted by Crippen LogP contribution is -2.22. The molecular weight excluding hydrogens is 246 g/mol. The lowest BCUT2D eigenvalue weighted by Gasteiger charge is -2.12. The highest BCUT2D eigenvalue weighted by Gasteiger charge is 2.16. The molecule has 1 atom stereocenters. The van der Waals surface area contributed by atoms with E-state index in [9.17, 15) is 9.59 Å². The Morgan fingerprint density at radius 2 is 2.11 bits per heavy atom. The van der Waals surface area contributed by atoms with Gasteiger partial charge >= 0.3 is 5.97 Å². The van der Waals surface area contributed by atoms with Crippen molar-refractivity contribution in [3.05, 3.63) is 23.8 Å². The molecule has 0 spiro atoms. The fourth-order valence-corrected chi connectivity index (χ4v) is 1.75. The highest BCUT2D eigenvalue weighted by atomic mass is 16.5. The largest absolute Gasteiger partial charge is 0.496 e. The number of carboxylic acids is 1. The maximum atomic E-state index is 11.8. The van der Waals surface area contributed by atoms with E-state index in [1.165, 1.54) is 0 Å². The first-order valence-electron chi connectivity index (χ1n) is 6.17. The zero-order valence-corrected chi connectivity index (χ0v) is 11.4. The Labute approximate surface area is 112 Å². The second kappa shape index (κ2) is 6.78. The summed E-state index contributed by atoms with van der Waals surface area (Å²) < 4.78 is 5.21. The second-order valence-corrected chi connectivity index (χ2v) is 4.37. The van der Waals surface area contributed by atoms with E-state index >= 15 is 0 Å². The molecule has 0 bridgehead atoms. The van der Waals surface area contributed by atoms with E-state index in [-0.39, 0.29) is 12.3 Å². The van der Waals surface area contributed by atoms with Crippen LogP contribution in [0.5, 0.6) is 5.75 Å². The van der Waals surface area contributed by atoms with Crippen LogP contribution in [0.3, 0.4) is 0 Å². The average Bonchev–Trinajstić information content (AvgIpc) is 2.37. The first kappa shape index (κ1) is 15.0. The van der Waals surface area contributed by atoms with E-state index in [1.54, 1.807) is 26.2 Å². The van der Waals surface area contributed by atoms with Gasteiger partial charge in [0.1, 0.15) is 5.75 Å². The first-order chi connectivity index (χ1) is 8.97. The lowest BCUT2D eigenvalue weighted by atomic mass is 10.1. The Bertz CT molecular complexity index is 471. The summed E-state index contributed by atoms with van der Waals surface area (Å²) in [4.78, 5) is 22.4. The van der Waals surface area contributed by atoms with Crippen LogP contribution >= 0.6 is 0 Å². The van der Waals surface area contributed by atoms with Gasteiger partial charge in [-0.25, -0.2) is 0 Å². The van der Waals surface area contributed by atoms with Crippen molar-refractivity contribution in [2.75, 3.05) is 12.4 Å². The fourth-order valence-electron chi connectivity index (χ4n) is 1.75. The molecule has 0 radical (unpaired) electrons. The van der Waals surface area contributed by atoms with Gasteiger partial charge in [0, 0.05) is 11.6 Å². The lowest BCUT2D eigenvalue weighted by molar-refractivity contribution is -0.139. The summed E-state index contributed by atoms with van der Waals surface area (Å²) in [7, 11) is 1.60. The summed E-state index contributed by atoms with van der Waals surface area (Å²) in [6.07, 6.45) is 0.611. The molecule has 1 rings (SSSR count). The molecule has 0 aliphatic carbocycles. The second-order valence-electron chi connectivity index (χ2n) is 4.37. The molecular formula is C14H19NO4. The molecule has 0 saturated carbocycles. The number of amides is 1. The van der Waals surface area contributed by atoms with Gasteiger partial charge in [-0.1, -0.05) is 13.8 Å². The van der Waals surface area contributed by atoms with E-state index in [0.717, 1.165) is 17.7 Å². The molecule has 0 aliphatic heterocycles. The Morgan fingerprint density at radius 3 is 2.63 bits per heavy atom. The predicted molar refractivity (Wildman–Crippen MR) is 72.4 cm³/mol. The number of benzene rings is 1. The molecule has 0 heterocycles. The van der Waals surface area contributed by atoms with Crippen molar-refractivity contribution < 1.29 is 19.4 Å². The predicted octanol–water partition coefficient (Wildman–Crippen LogP) is 2.31. The maximum absolute atomic E-state index is 11.8. The maximum Gasteiger partial charge on any atom is 0.304 e. The minimum atomic E-state index is -0.980. The van der Waals surface area contributed by atoms with Crippen LogP contribution in [0.15, 0.2) is 18.2 Å². The number of aliphatic carboxylic acids is 1. The number of hydrogen-bond donors (Lipinski definition) is 2. The van der Waals surface area contributed by atoms with Crippen molar-refractivity contribution in [2.24, 2.45) is 5.92 Å². The summed E-state index contributed by atoms with van der Waals surface area (Å²) in [6.45, 7) is 3.59. The van der Waals surface area contributed by atoms with Crippen LogP contribution in [-0.2, 0) is 16.0 Å². The number of carbonyl (C=O) groups is 2. The van der Waals surface area contributed by atoms with Gasteiger partial charge in [0.25, 0.3) is 0 Å². The van der Waals surface area contributed by atoms with Crippen LogP contribution in [0.25, 0.3) is 0 Å². The van der Waals surface area contributed by atoms with Gasteiger partial charge in [-0.3, -0.25) is 9.59 Å². The number of hydrogen-bond acceptors (Lipinski definition) is 3. The molecule has 1 unspecified atom stereocenters. The molecule has 0 aliphatic rings. The third-order valence-electron chi connectivity index (χ3n) is 2.86. The summed E-state index contributed by atoms with van der Waals surface area (Å²) in [5.41, 5.74) is 1.64. The van der Waals surface area contributed by atoms with Gasteiger partial charge in [-0.05, 0) is 30.2 Å². The number of rotatable bonds is 6. The standard InChI is InChI=1S/C14H19NO4/c1-4-10-8-11(5-6-12(10)19-3)15-14(18)9(2)7-13(16)17/h5-6,8-9H,4,7H2,1-3H3,(H,15,18)(H,16,17). The van der Waals surface area contributed by atoms with Gasteiger partial charge in [-0.15, -0.1) is 0 Å². The van der Waals surface area contributed by atoms with Crippen molar-refractivity contribution in [1.82, 2.24) is 0 Å². The Balaban J connectivity index is 2.77. The van der Waals surface area contributed by atoms with E-state index in [4.69, 9.17) is 9.84 Å². The molecule has 5 heteroatoms. The molecule has 2 N–H and O–H groups in total. The number of methoxy groups -OCH3 is 1. The van der Waals surface area contributed by atoms with Crippen LogP contribution in [0.4, 0.5) is 5.69 Å². The number of anilines is 1. The normalized spacial score (nSPS) is 11.7. The molecule has 1 aromatic rings. The Hall–Kier alpha value is -2.04. The van der Waals surface area contributed by atoms with Crippen LogP contribution in [-0.4, -0.2) is 24.1 Å². The van der Waals surface area contributed by atoms with Crippen molar-refractivity contribution in [1.29, 1.82) is 0 Å². The molecule has 0 aromatic heterocycles. The summed E-state index contributed by atoms with van der Waals surface area (Å²) in [5.74, 6) is -1.06. The van der Waals surface area contributed by atoms with Crippen LogP contribution < -0.4 is 10.1 Å². The highest BCUT2D eigenvalue weighted by Crippen LogP contribution is 2.23. The van der Waals surface area contributed by atoms with Gasteiger partial charge in [0.05, 0.1) is 13.5 Å². The first-order valence-corrected chi connectivity index (χ1v) is 6.17.